The molecular weight excluding hydrogens is 420 g/mol. The van der Waals surface area contributed by atoms with E-state index in [0.717, 1.165) is 52.4 Å². The lowest BCUT2D eigenvalue weighted by Gasteiger charge is -2.11. The Hall–Kier alpha value is -3.26. The molecule has 32 heavy (non-hydrogen) atoms. The van der Waals surface area contributed by atoms with Crippen LogP contribution < -0.4 is 5.56 Å². The van der Waals surface area contributed by atoms with Gasteiger partial charge in [0.2, 0.25) is 5.78 Å². The van der Waals surface area contributed by atoms with Crippen LogP contribution in [0.25, 0.3) is 27.7 Å². The molecule has 5 aromatic rings. The molecule has 0 fully saturated rings. The molecule has 3 aromatic heterocycles. The summed E-state index contributed by atoms with van der Waals surface area (Å²) in [5, 5.41) is 10.3. The first-order valence-corrected chi connectivity index (χ1v) is 11.9. The number of para-hydroxylation sites is 3. The van der Waals surface area contributed by atoms with Crippen molar-refractivity contribution in [2.45, 2.75) is 50.6 Å². The normalized spacial score (nSPS) is 11.7. The van der Waals surface area contributed by atoms with Gasteiger partial charge in [-0.15, -0.1) is 10.2 Å². The van der Waals surface area contributed by atoms with Crippen molar-refractivity contribution >= 4 is 39.5 Å². The third-order valence-corrected chi connectivity index (χ3v) is 6.58. The molecule has 2 aromatic carbocycles. The van der Waals surface area contributed by atoms with E-state index in [1.807, 2.05) is 59.9 Å². The molecule has 0 unspecified atom stereocenters. The van der Waals surface area contributed by atoms with E-state index in [-0.39, 0.29) is 5.56 Å². The molecule has 0 aliphatic rings. The van der Waals surface area contributed by atoms with E-state index in [1.165, 1.54) is 0 Å². The van der Waals surface area contributed by atoms with Crippen molar-refractivity contribution < 1.29 is 0 Å². The third kappa shape index (κ3) is 3.64. The molecule has 5 rings (SSSR count). The lowest BCUT2D eigenvalue weighted by molar-refractivity contribution is 0.594. The Morgan fingerprint density at radius 1 is 0.938 bits per heavy atom. The SMILES string of the molecule is CCCCCn1c(=O)c2ccccc2n2c(SCc3nc4ccccc4nc3C)nnc12. The lowest BCUT2D eigenvalue weighted by atomic mass is 10.2. The van der Waals surface area contributed by atoms with Crippen LogP contribution in [-0.2, 0) is 12.3 Å². The maximum Gasteiger partial charge on any atom is 0.262 e. The highest BCUT2D eigenvalue weighted by Gasteiger charge is 2.17. The van der Waals surface area contributed by atoms with Crippen LogP contribution in [0.15, 0.2) is 58.5 Å². The highest BCUT2D eigenvalue weighted by molar-refractivity contribution is 7.98. The van der Waals surface area contributed by atoms with Crippen LogP contribution in [-0.4, -0.2) is 29.1 Å². The molecule has 0 atom stereocenters. The first-order chi connectivity index (χ1) is 15.7. The Balaban J connectivity index is 1.56. The second-order valence-electron chi connectivity index (χ2n) is 7.83. The summed E-state index contributed by atoms with van der Waals surface area (Å²) >= 11 is 1.56. The summed E-state index contributed by atoms with van der Waals surface area (Å²) in [7, 11) is 0. The van der Waals surface area contributed by atoms with Gasteiger partial charge in [-0.2, -0.15) is 0 Å². The molecule has 162 valence electrons. The zero-order chi connectivity index (χ0) is 22.1. The number of aryl methyl sites for hydroxylation is 2. The number of fused-ring (bicyclic) bond motifs is 4. The zero-order valence-electron chi connectivity index (χ0n) is 18.2. The maximum atomic E-state index is 13.2. The standard InChI is InChI=1S/C24H24N6OS/c1-3-4-9-14-29-22(31)17-10-5-8-13-21(17)30-23(29)27-28-24(30)32-15-20-16(2)25-18-11-6-7-12-19(18)26-20/h5-8,10-13H,3-4,9,14-15H2,1-2H3. The highest BCUT2D eigenvalue weighted by atomic mass is 32.2. The van der Waals surface area contributed by atoms with E-state index in [4.69, 9.17) is 9.97 Å². The van der Waals surface area contributed by atoms with Gasteiger partial charge < -0.3 is 0 Å². The molecule has 8 heteroatoms. The van der Waals surface area contributed by atoms with Gasteiger partial charge in [0, 0.05) is 12.3 Å². The number of aromatic nitrogens is 6. The average molecular weight is 445 g/mol. The van der Waals surface area contributed by atoms with Crippen LogP contribution in [0.2, 0.25) is 0 Å². The Morgan fingerprint density at radius 2 is 1.69 bits per heavy atom. The fourth-order valence-electron chi connectivity index (χ4n) is 3.94. The minimum atomic E-state index is -0.00982. The molecule has 0 radical (unpaired) electrons. The Labute approximate surface area is 189 Å². The Bertz CT molecular complexity index is 1490. The predicted octanol–water partition coefficient (Wildman–Crippen LogP) is 4.78. The van der Waals surface area contributed by atoms with Gasteiger partial charge in [-0.3, -0.25) is 13.8 Å². The van der Waals surface area contributed by atoms with Crippen LogP contribution in [0.5, 0.6) is 0 Å². The second kappa shape index (κ2) is 8.70. The molecular formula is C24H24N6OS. The van der Waals surface area contributed by atoms with E-state index >= 15 is 0 Å². The molecule has 0 bridgehead atoms. The first-order valence-electron chi connectivity index (χ1n) is 10.9. The number of thioether (sulfide) groups is 1. The molecule has 0 aliphatic heterocycles. The largest absolute Gasteiger partial charge is 0.276 e. The van der Waals surface area contributed by atoms with Gasteiger partial charge in [0.05, 0.1) is 33.3 Å². The molecule has 0 amide bonds. The zero-order valence-corrected chi connectivity index (χ0v) is 19.0. The smallest absolute Gasteiger partial charge is 0.262 e. The van der Waals surface area contributed by atoms with Gasteiger partial charge in [-0.1, -0.05) is 55.8 Å². The molecule has 3 heterocycles. The Morgan fingerprint density at radius 3 is 2.50 bits per heavy atom. The van der Waals surface area contributed by atoms with Gasteiger partial charge >= 0.3 is 0 Å². The van der Waals surface area contributed by atoms with Gasteiger partial charge in [-0.05, 0) is 37.6 Å². The van der Waals surface area contributed by atoms with Gasteiger partial charge in [0.15, 0.2) is 5.16 Å². The molecule has 0 aliphatic carbocycles. The van der Waals surface area contributed by atoms with Crippen molar-refractivity contribution in [2.75, 3.05) is 0 Å². The van der Waals surface area contributed by atoms with Crippen LogP contribution >= 0.6 is 11.8 Å². The maximum absolute atomic E-state index is 13.2. The van der Waals surface area contributed by atoms with Crippen molar-refractivity contribution in [3.05, 3.63) is 70.3 Å². The second-order valence-corrected chi connectivity index (χ2v) is 8.77. The third-order valence-electron chi connectivity index (χ3n) is 5.64. The van der Waals surface area contributed by atoms with Crippen molar-refractivity contribution in [1.82, 2.24) is 29.1 Å². The van der Waals surface area contributed by atoms with Crippen LogP contribution in [0.3, 0.4) is 0 Å². The quantitative estimate of drug-likeness (QED) is 0.266. The van der Waals surface area contributed by atoms with Gasteiger partial charge in [0.25, 0.3) is 5.56 Å². The summed E-state index contributed by atoms with van der Waals surface area (Å²) in [6, 6.07) is 15.6. The van der Waals surface area contributed by atoms with Crippen molar-refractivity contribution in [2.24, 2.45) is 0 Å². The summed E-state index contributed by atoms with van der Waals surface area (Å²) in [6.07, 6.45) is 3.10. The van der Waals surface area contributed by atoms with Crippen molar-refractivity contribution in [3.8, 4) is 0 Å². The van der Waals surface area contributed by atoms with E-state index < -0.39 is 0 Å². The van der Waals surface area contributed by atoms with Gasteiger partial charge in [-0.25, -0.2) is 9.97 Å². The summed E-state index contributed by atoms with van der Waals surface area (Å²) < 4.78 is 3.76. The summed E-state index contributed by atoms with van der Waals surface area (Å²) in [5.74, 6) is 1.21. The fourth-order valence-corrected chi connectivity index (χ4v) is 4.89. The molecule has 0 spiro atoms. The monoisotopic (exact) mass is 444 g/mol. The summed E-state index contributed by atoms with van der Waals surface area (Å²) in [6.45, 7) is 4.78. The minimum Gasteiger partial charge on any atom is -0.276 e. The number of unbranched alkanes of at least 4 members (excludes halogenated alkanes) is 2. The average Bonchev–Trinajstić information content (AvgIpc) is 3.24. The number of rotatable bonds is 7. The Kier molecular flexibility index (Phi) is 5.61. The highest BCUT2D eigenvalue weighted by Crippen LogP contribution is 2.26. The van der Waals surface area contributed by atoms with Crippen LogP contribution in [0, 0.1) is 6.92 Å². The van der Waals surface area contributed by atoms with E-state index in [2.05, 4.69) is 17.1 Å². The minimum absolute atomic E-state index is 0.00982. The van der Waals surface area contributed by atoms with Crippen LogP contribution in [0.4, 0.5) is 0 Å². The summed E-state index contributed by atoms with van der Waals surface area (Å²) in [5.41, 5.74) is 4.43. The van der Waals surface area contributed by atoms with Crippen LogP contribution in [0.1, 0.15) is 37.6 Å². The topological polar surface area (TPSA) is 78.0 Å². The number of hydrogen-bond acceptors (Lipinski definition) is 6. The molecule has 0 N–H and O–H groups in total. The van der Waals surface area contributed by atoms with E-state index in [1.54, 1.807) is 16.3 Å². The van der Waals surface area contributed by atoms with E-state index in [9.17, 15) is 4.79 Å². The predicted molar refractivity (Wildman–Crippen MR) is 128 cm³/mol. The van der Waals surface area contributed by atoms with Gasteiger partial charge in [0.1, 0.15) is 0 Å². The molecule has 7 nitrogen and oxygen atoms in total. The number of benzene rings is 2. The van der Waals surface area contributed by atoms with E-state index in [0.29, 0.717) is 23.5 Å². The molecule has 0 saturated carbocycles. The number of hydrogen-bond donors (Lipinski definition) is 0. The molecule has 0 saturated heterocycles. The number of nitrogens with zero attached hydrogens (tertiary/aromatic N) is 6. The van der Waals surface area contributed by atoms with Crippen molar-refractivity contribution in [3.63, 3.8) is 0 Å². The van der Waals surface area contributed by atoms with Crippen molar-refractivity contribution in [1.29, 1.82) is 0 Å². The first kappa shape index (κ1) is 20.6. The summed E-state index contributed by atoms with van der Waals surface area (Å²) in [4.78, 5) is 22.6. The fraction of sp³-hybridized carbons (Fsp3) is 0.292. The lowest BCUT2D eigenvalue weighted by Crippen LogP contribution is -2.23.